The van der Waals surface area contributed by atoms with Crippen molar-refractivity contribution in [3.63, 3.8) is 0 Å². The second kappa shape index (κ2) is 4.61. The highest BCUT2D eigenvalue weighted by atomic mass is 79.9. The van der Waals surface area contributed by atoms with Gasteiger partial charge in [-0.25, -0.2) is 9.97 Å². The number of hydrogen-bond donors (Lipinski definition) is 1. The van der Waals surface area contributed by atoms with E-state index in [1.807, 2.05) is 29.2 Å². The van der Waals surface area contributed by atoms with Gasteiger partial charge < -0.3 is 4.98 Å². The van der Waals surface area contributed by atoms with Crippen LogP contribution in [0.4, 0.5) is 0 Å². The molecule has 1 aliphatic rings. The van der Waals surface area contributed by atoms with Gasteiger partial charge in [0.2, 0.25) is 0 Å². The van der Waals surface area contributed by atoms with E-state index in [2.05, 4.69) is 36.9 Å². The Balaban J connectivity index is 1.83. The lowest BCUT2D eigenvalue weighted by Gasteiger charge is -2.08. The molecule has 0 aliphatic carbocycles. The molecule has 3 aromatic heterocycles. The first kappa shape index (κ1) is 11.9. The average Bonchev–Trinajstić information content (AvgIpc) is 3.00. The third-order valence-corrected chi connectivity index (χ3v) is 5.85. The second-order valence-corrected chi connectivity index (χ2v) is 7.63. The van der Waals surface area contributed by atoms with Gasteiger partial charge in [-0.05, 0) is 45.8 Å². The monoisotopic (exact) mass is 351 g/mol. The molecule has 0 unspecified atom stereocenters. The molecular weight excluding hydrogens is 342 g/mol. The quantitative estimate of drug-likeness (QED) is 0.712. The number of imidazole rings is 1. The average molecular weight is 352 g/mol. The summed E-state index contributed by atoms with van der Waals surface area (Å²) in [5.74, 6) is 3.31. The summed E-state index contributed by atoms with van der Waals surface area (Å²) >= 11 is 7.31. The Labute approximate surface area is 127 Å². The fourth-order valence-electron chi connectivity index (χ4n) is 2.26. The Hall–Kier alpha value is -0.850. The minimum Gasteiger partial charge on any atom is -0.336 e. The summed E-state index contributed by atoms with van der Waals surface area (Å²) in [5, 5.41) is 0. The van der Waals surface area contributed by atoms with Crippen LogP contribution in [0.5, 0.6) is 0 Å². The zero-order chi connectivity index (χ0) is 12.8. The molecule has 6 heteroatoms. The van der Waals surface area contributed by atoms with E-state index in [1.165, 1.54) is 27.5 Å². The second-order valence-electron chi connectivity index (χ2n) is 4.47. The van der Waals surface area contributed by atoms with Gasteiger partial charge in [-0.1, -0.05) is 0 Å². The molecule has 0 aromatic carbocycles. The van der Waals surface area contributed by atoms with Crippen molar-refractivity contribution in [3.05, 3.63) is 33.2 Å². The lowest BCUT2D eigenvalue weighted by Crippen LogP contribution is -1.96. The molecule has 19 heavy (non-hydrogen) atoms. The molecule has 3 aromatic rings. The molecule has 0 bridgehead atoms. The molecule has 0 radical (unpaired) electrons. The minimum atomic E-state index is 0.777. The molecule has 1 N–H and O–H groups in total. The summed E-state index contributed by atoms with van der Waals surface area (Å²) in [5.41, 5.74) is 3.23. The first-order valence-corrected chi connectivity index (χ1v) is 8.77. The molecule has 0 saturated carbocycles. The lowest BCUT2D eigenvalue weighted by atomic mass is 10.2. The van der Waals surface area contributed by atoms with E-state index >= 15 is 0 Å². The fourth-order valence-corrected chi connectivity index (χ4v) is 4.90. The first-order chi connectivity index (χ1) is 9.29. The van der Waals surface area contributed by atoms with Crippen LogP contribution >= 0.6 is 39.0 Å². The summed E-state index contributed by atoms with van der Waals surface area (Å²) in [6.07, 6.45) is 2.97. The number of fused-ring (bicyclic) bond motifs is 2. The van der Waals surface area contributed by atoms with Crippen LogP contribution in [-0.2, 0) is 12.2 Å². The van der Waals surface area contributed by atoms with Gasteiger partial charge in [-0.2, -0.15) is 11.8 Å². The Kier molecular flexibility index (Phi) is 2.90. The predicted octanol–water partition coefficient (Wildman–Crippen LogP) is 4.24. The van der Waals surface area contributed by atoms with E-state index in [0.717, 1.165) is 27.2 Å². The maximum absolute atomic E-state index is 4.58. The van der Waals surface area contributed by atoms with Gasteiger partial charge in [0.05, 0.1) is 10.4 Å². The van der Waals surface area contributed by atoms with Gasteiger partial charge >= 0.3 is 0 Å². The number of hydrogen-bond acceptors (Lipinski definition) is 4. The van der Waals surface area contributed by atoms with Crippen LogP contribution in [0.25, 0.3) is 21.9 Å². The summed E-state index contributed by atoms with van der Waals surface area (Å²) in [6, 6.07) is 4.29. The van der Waals surface area contributed by atoms with Gasteiger partial charge in [0.25, 0.3) is 0 Å². The maximum atomic E-state index is 4.58. The summed E-state index contributed by atoms with van der Waals surface area (Å²) in [6.45, 7) is 0. The number of thioether (sulfide) groups is 1. The Morgan fingerprint density at radius 1 is 1.32 bits per heavy atom. The number of nitrogens with zero attached hydrogens (tertiary/aromatic N) is 2. The van der Waals surface area contributed by atoms with Crippen LogP contribution in [0.1, 0.15) is 10.4 Å². The molecular formula is C13H10BrN3S2. The predicted molar refractivity (Wildman–Crippen MR) is 84.8 cm³/mol. The van der Waals surface area contributed by atoms with Gasteiger partial charge in [-0.15, -0.1) is 11.3 Å². The van der Waals surface area contributed by atoms with Crippen molar-refractivity contribution < 1.29 is 0 Å². The highest BCUT2D eigenvalue weighted by molar-refractivity contribution is 9.10. The summed E-state index contributed by atoms with van der Waals surface area (Å²) in [4.78, 5) is 15.0. The highest BCUT2D eigenvalue weighted by Gasteiger charge is 2.16. The molecule has 96 valence electrons. The number of thiophene rings is 1. The topological polar surface area (TPSA) is 41.6 Å². The third kappa shape index (κ3) is 2.11. The molecule has 0 atom stereocenters. The van der Waals surface area contributed by atoms with Gasteiger partial charge in [0.15, 0.2) is 11.5 Å². The zero-order valence-electron chi connectivity index (χ0n) is 9.94. The van der Waals surface area contributed by atoms with Crippen molar-refractivity contribution in [1.82, 2.24) is 15.0 Å². The molecule has 0 amide bonds. The van der Waals surface area contributed by atoms with Crippen LogP contribution in [0.3, 0.4) is 0 Å². The van der Waals surface area contributed by atoms with Crippen molar-refractivity contribution >= 4 is 50.2 Å². The van der Waals surface area contributed by atoms with E-state index < -0.39 is 0 Å². The van der Waals surface area contributed by atoms with Crippen LogP contribution in [-0.4, -0.2) is 20.7 Å². The van der Waals surface area contributed by atoms with E-state index in [9.17, 15) is 0 Å². The smallest absolute Gasteiger partial charge is 0.178 e. The minimum absolute atomic E-state index is 0.777. The Bertz CT molecular complexity index is 739. The Morgan fingerprint density at radius 2 is 2.26 bits per heavy atom. The Morgan fingerprint density at radius 3 is 3.16 bits per heavy atom. The molecule has 3 nitrogen and oxygen atoms in total. The van der Waals surface area contributed by atoms with E-state index in [4.69, 9.17) is 0 Å². The number of nitrogens with one attached hydrogen (secondary N) is 1. The molecule has 4 heterocycles. The largest absolute Gasteiger partial charge is 0.336 e. The van der Waals surface area contributed by atoms with Crippen molar-refractivity contribution in [1.29, 1.82) is 0 Å². The SMILES string of the molecule is Brc1cnc2nc(-c3cc4c(s3)CCSC4)[nH]c2c1. The normalized spacial score (nSPS) is 14.8. The van der Waals surface area contributed by atoms with Gasteiger partial charge in [0.1, 0.15) is 0 Å². The van der Waals surface area contributed by atoms with E-state index in [-0.39, 0.29) is 0 Å². The molecule has 4 rings (SSSR count). The van der Waals surface area contributed by atoms with Crippen molar-refractivity contribution in [3.8, 4) is 10.7 Å². The van der Waals surface area contributed by atoms with Gasteiger partial charge in [-0.3, -0.25) is 0 Å². The number of H-pyrrole nitrogens is 1. The van der Waals surface area contributed by atoms with Crippen molar-refractivity contribution in [2.75, 3.05) is 5.75 Å². The molecule has 0 saturated heterocycles. The number of halogens is 1. The number of aryl methyl sites for hydroxylation is 1. The summed E-state index contributed by atoms with van der Waals surface area (Å²) < 4.78 is 0.970. The number of aromatic amines is 1. The maximum Gasteiger partial charge on any atom is 0.178 e. The third-order valence-electron chi connectivity index (χ3n) is 3.17. The van der Waals surface area contributed by atoms with Crippen molar-refractivity contribution in [2.45, 2.75) is 12.2 Å². The number of rotatable bonds is 1. The van der Waals surface area contributed by atoms with Crippen LogP contribution in [0, 0.1) is 0 Å². The highest BCUT2D eigenvalue weighted by Crippen LogP contribution is 2.36. The van der Waals surface area contributed by atoms with Crippen molar-refractivity contribution in [2.24, 2.45) is 0 Å². The van der Waals surface area contributed by atoms with E-state index in [1.54, 1.807) is 6.20 Å². The first-order valence-electron chi connectivity index (χ1n) is 6.00. The standard InChI is InChI=1S/C13H10BrN3S2/c14-8-4-9-12(15-5-8)17-13(16-9)11-3-7-6-18-2-1-10(7)19-11/h3-5H,1-2,6H2,(H,15,16,17). The summed E-state index contributed by atoms with van der Waals surface area (Å²) in [7, 11) is 0. The zero-order valence-corrected chi connectivity index (χ0v) is 13.2. The number of pyridine rings is 1. The number of aromatic nitrogens is 3. The van der Waals surface area contributed by atoms with Crippen LogP contribution < -0.4 is 0 Å². The molecule has 0 spiro atoms. The van der Waals surface area contributed by atoms with Crippen LogP contribution in [0.2, 0.25) is 0 Å². The van der Waals surface area contributed by atoms with Crippen LogP contribution in [0.15, 0.2) is 22.8 Å². The lowest BCUT2D eigenvalue weighted by molar-refractivity contribution is 1.13. The fraction of sp³-hybridized carbons (Fsp3) is 0.231. The van der Waals surface area contributed by atoms with E-state index in [0.29, 0.717) is 0 Å². The van der Waals surface area contributed by atoms with Gasteiger partial charge in [0, 0.05) is 21.3 Å². The molecule has 1 aliphatic heterocycles. The molecule has 0 fully saturated rings.